The van der Waals surface area contributed by atoms with Crippen LogP contribution in [0.1, 0.15) is 5.56 Å². The summed E-state index contributed by atoms with van der Waals surface area (Å²) in [6.07, 6.45) is 0. The van der Waals surface area contributed by atoms with E-state index in [-0.39, 0.29) is 23.8 Å². The Balaban J connectivity index is 2.12. The largest absolute Gasteiger partial charge is 0.378 e. The van der Waals surface area contributed by atoms with Gasteiger partial charge in [-0.1, -0.05) is 6.07 Å². The zero-order chi connectivity index (χ0) is 13.0. The molecule has 1 atom stereocenters. The maximum Gasteiger partial charge on any atom is 0.243 e. The van der Waals surface area contributed by atoms with E-state index < -0.39 is 11.9 Å². The molecule has 1 unspecified atom stereocenters. The molecule has 0 radical (unpaired) electrons. The van der Waals surface area contributed by atoms with Crippen LogP contribution < -0.4 is 10.6 Å². The van der Waals surface area contributed by atoms with Crippen molar-refractivity contribution in [2.24, 2.45) is 0 Å². The first kappa shape index (κ1) is 12.5. The van der Waals surface area contributed by atoms with Crippen LogP contribution >= 0.6 is 0 Å². The molecule has 94 valence electrons. The minimum Gasteiger partial charge on any atom is -0.378 e. The SMILES string of the molecule is N#Cc1c(F)cccc1NC(=O)C1COCCN1. The molecule has 1 aromatic rings. The summed E-state index contributed by atoms with van der Waals surface area (Å²) in [5.74, 6) is -0.986. The molecular weight excluding hydrogens is 237 g/mol. The van der Waals surface area contributed by atoms with Gasteiger partial charge in [0.2, 0.25) is 5.91 Å². The Bertz CT molecular complexity index is 493. The molecular formula is C12H12FN3O2. The number of rotatable bonds is 2. The van der Waals surface area contributed by atoms with E-state index in [0.29, 0.717) is 13.2 Å². The van der Waals surface area contributed by atoms with Crippen molar-refractivity contribution in [1.82, 2.24) is 5.32 Å². The summed E-state index contributed by atoms with van der Waals surface area (Å²) in [6, 6.07) is 5.36. The van der Waals surface area contributed by atoms with Gasteiger partial charge >= 0.3 is 0 Å². The highest BCUT2D eigenvalue weighted by Crippen LogP contribution is 2.18. The summed E-state index contributed by atoms with van der Waals surface area (Å²) in [7, 11) is 0. The highest BCUT2D eigenvalue weighted by atomic mass is 19.1. The Hall–Kier alpha value is -1.97. The van der Waals surface area contributed by atoms with Crippen molar-refractivity contribution in [3.05, 3.63) is 29.6 Å². The maximum absolute atomic E-state index is 13.3. The Morgan fingerprint density at radius 3 is 3.11 bits per heavy atom. The van der Waals surface area contributed by atoms with Gasteiger partial charge in [-0.05, 0) is 12.1 Å². The van der Waals surface area contributed by atoms with Crippen LogP contribution in [-0.4, -0.2) is 31.7 Å². The first-order valence-electron chi connectivity index (χ1n) is 5.53. The molecule has 0 saturated carbocycles. The fourth-order valence-electron chi connectivity index (χ4n) is 1.70. The summed E-state index contributed by atoms with van der Waals surface area (Å²) >= 11 is 0. The summed E-state index contributed by atoms with van der Waals surface area (Å²) in [6.45, 7) is 1.42. The average molecular weight is 249 g/mol. The maximum atomic E-state index is 13.3. The van der Waals surface area contributed by atoms with Gasteiger partial charge in [0.25, 0.3) is 0 Å². The van der Waals surface area contributed by atoms with E-state index in [1.807, 2.05) is 0 Å². The molecule has 2 N–H and O–H groups in total. The summed E-state index contributed by atoms with van der Waals surface area (Å²) in [5.41, 5.74) is 0.0115. The van der Waals surface area contributed by atoms with Gasteiger partial charge in [-0.3, -0.25) is 4.79 Å². The van der Waals surface area contributed by atoms with Crippen molar-refractivity contribution in [2.75, 3.05) is 25.1 Å². The molecule has 5 nitrogen and oxygen atoms in total. The van der Waals surface area contributed by atoms with E-state index in [4.69, 9.17) is 10.00 Å². The van der Waals surface area contributed by atoms with Crippen molar-refractivity contribution in [1.29, 1.82) is 5.26 Å². The molecule has 1 amide bonds. The van der Waals surface area contributed by atoms with Crippen LogP contribution in [0.4, 0.5) is 10.1 Å². The molecule has 0 aromatic heterocycles. The second-order valence-corrected chi connectivity index (χ2v) is 3.85. The van der Waals surface area contributed by atoms with Crippen LogP contribution in [0.5, 0.6) is 0 Å². The number of morpholine rings is 1. The van der Waals surface area contributed by atoms with Gasteiger partial charge in [-0.2, -0.15) is 5.26 Å². The van der Waals surface area contributed by atoms with E-state index >= 15 is 0 Å². The number of ether oxygens (including phenoxy) is 1. The van der Waals surface area contributed by atoms with Crippen LogP contribution in [0.2, 0.25) is 0 Å². The third-order valence-corrected chi connectivity index (χ3v) is 2.62. The molecule has 1 aliphatic heterocycles. The van der Waals surface area contributed by atoms with Gasteiger partial charge in [-0.25, -0.2) is 4.39 Å². The second kappa shape index (κ2) is 5.58. The number of hydrogen-bond donors (Lipinski definition) is 2. The molecule has 1 saturated heterocycles. The Labute approximate surface area is 104 Å². The lowest BCUT2D eigenvalue weighted by Crippen LogP contribution is -2.48. The van der Waals surface area contributed by atoms with Gasteiger partial charge in [0, 0.05) is 6.54 Å². The highest BCUT2D eigenvalue weighted by molar-refractivity contribution is 5.96. The van der Waals surface area contributed by atoms with E-state index in [9.17, 15) is 9.18 Å². The van der Waals surface area contributed by atoms with Gasteiger partial charge in [0.15, 0.2) is 0 Å². The molecule has 0 bridgehead atoms. The zero-order valence-corrected chi connectivity index (χ0v) is 9.57. The van der Waals surface area contributed by atoms with Crippen LogP contribution in [0.15, 0.2) is 18.2 Å². The summed E-state index contributed by atoms with van der Waals surface area (Å²) in [4.78, 5) is 11.9. The number of nitrogens with one attached hydrogen (secondary N) is 2. The molecule has 1 aliphatic rings. The third kappa shape index (κ3) is 2.64. The predicted molar refractivity (Wildman–Crippen MR) is 62.4 cm³/mol. The molecule has 1 fully saturated rings. The van der Waals surface area contributed by atoms with E-state index in [1.165, 1.54) is 18.2 Å². The lowest BCUT2D eigenvalue weighted by molar-refractivity contribution is -0.120. The van der Waals surface area contributed by atoms with E-state index in [0.717, 1.165) is 0 Å². The minimum atomic E-state index is -0.650. The predicted octanol–water partition coefficient (Wildman–Crippen LogP) is 0.624. The Morgan fingerprint density at radius 1 is 1.61 bits per heavy atom. The lowest BCUT2D eigenvalue weighted by atomic mass is 10.1. The van der Waals surface area contributed by atoms with Crippen molar-refractivity contribution in [3.63, 3.8) is 0 Å². The van der Waals surface area contributed by atoms with Crippen molar-refractivity contribution in [3.8, 4) is 6.07 Å². The monoisotopic (exact) mass is 249 g/mol. The molecule has 0 aliphatic carbocycles. The second-order valence-electron chi connectivity index (χ2n) is 3.85. The number of hydrogen-bond acceptors (Lipinski definition) is 4. The summed E-state index contributed by atoms with van der Waals surface area (Å²) in [5, 5.41) is 14.3. The normalized spacial score (nSPS) is 19.0. The van der Waals surface area contributed by atoms with Gasteiger partial charge in [0.1, 0.15) is 23.5 Å². The highest BCUT2D eigenvalue weighted by Gasteiger charge is 2.22. The molecule has 2 rings (SSSR count). The van der Waals surface area contributed by atoms with E-state index in [2.05, 4.69) is 10.6 Å². The van der Waals surface area contributed by atoms with Crippen LogP contribution in [0.3, 0.4) is 0 Å². The molecule has 0 spiro atoms. The van der Waals surface area contributed by atoms with Crippen molar-refractivity contribution < 1.29 is 13.9 Å². The van der Waals surface area contributed by atoms with Crippen LogP contribution in [-0.2, 0) is 9.53 Å². The number of amides is 1. The third-order valence-electron chi connectivity index (χ3n) is 2.62. The standard InChI is InChI=1S/C12H12FN3O2/c13-9-2-1-3-10(8(9)6-14)16-12(17)11-7-18-5-4-15-11/h1-3,11,15H,4-5,7H2,(H,16,17). The quantitative estimate of drug-likeness (QED) is 0.806. The van der Waals surface area contributed by atoms with Gasteiger partial charge < -0.3 is 15.4 Å². The van der Waals surface area contributed by atoms with Crippen LogP contribution in [0, 0.1) is 17.1 Å². The first-order valence-corrected chi connectivity index (χ1v) is 5.53. The Kier molecular flexibility index (Phi) is 3.87. The van der Waals surface area contributed by atoms with Crippen molar-refractivity contribution in [2.45, 2.75) is 6.04 Å². The fourth-order valence-corrected chi connectivity index (χ4v) is 1.70. The molecule has 1 aromatic carbocycles. The van der Waals surface area contributed by atoms with Crippen LogP contribution in [0.25, 0.3) is 0 Å². The number of carbonyl (C=O) groups excluding carboxylic acids is 1. The minimum absolute atomic E-state index is 0.164. The number of carbonyl (C=O) groups is 1. The summed E-state index contributed by atoms with van der Waals surface area (Å²) < 4.78 is 18.5. The van der Waals surface area contributed by atoms with Crippen molar-refractivity contribution >= 4 is 11.6 Å². The topological polar surface area (TPSA) is 74.2 Å². The molecule has 1 heterocycles. The lowest BCUT2D eigenvalue weighted by Gasteiger charge is -2.23. The zero-order valence-electron chi connectivity index (χ0n) is 9.57. The first-order chi connectivity index (χ1) is 8.72. The number of benzene rings is 1. The fraction of sp³-hybridized carbons (Fsp3) is 0.333. The number of anilines is 1. The molecule has 18 heavy (non-hydrogen) atoms. The Morgan fingerprint density at radius 2 is 2.44 bits per heavy atom. The van der Waals surface area contributed by atoms with Gasteiger partial charge in [-0.15, -0.1) is 0 Å². The number of halogens is 1. The number of nitriles is 1. The van der Waals surface area contributed by atoms with E-state index in [1.54, 1.807) is 6.07 Å². The van der Waals surface area contributed by atoms with Gasteiger partial charge in [0.05, 0.1) is 18.9 Å². The smallest absolute Gasteiger partial charge is 0.243 e. The average Bonchev–Trinajstić information content (AvgIpc) is 2.40. The molecule has 6 heteroatoms. The number of nitrogens with zero attached hydrogens (tertiary/aromatic N) is 1.